The number of hydrogen-bond donors (Lipinski definition) is 2. The van der Waals surface area contributed by atoms with E-state index in [0.717, 1.165) is 13.1 Å². The number of nitrogens with zero attached hydrogens (tertiary/aromatic N) is 1. The Morgan fingerprint density at radius 1 is 1.29 bits per heavy atom. The number of amides is 3. The molecule has 7 heteroatoms. The molecule has 0 radical (unpaired) electrons. The first kappa shape index (κ1) is 15.9. The van der Waals surface area contributed by atoms with Gasteiger partial charge in [0.15, 0.2) is 0 Å². The minimum atomic E-state index is -1.03. The summed E-state index contributed by atoms with van der Waals surface area (Å²) in [6.07, 6.45) is 1.28. The van der Waals surface area contributed by atoms with Crippen LogP contribution >= 0.6 is 0 Å². The van der Waals surface area contributed by atoms with Gasteiger partial charge in [0.1, 0.15) is 12.1 Å². The van der Waals surface area contributed by atoms with Crippen LogP contribution in [-0.2, 0) is 19.1 Å². The lowest BCUT2D eigenvalue weighted by molar-refractivity contribution is -0.164. The Bertz CT molecular complexity index is 450. The summed E-state index contributed by atoms with van der Waals surface area (Å²) in [6, 6.07) is 0. The molecule has 21 heavy (non-hydrogen) atoms. The van der Waals surface area contributed by atoms with Gasteiger partial charge in [-0.3, -0.25) is 19.7 Å². The Kier molecular flexibility index (Phi) is 4.34. The van der Waals surface area contributed by atoms with Crippen molar-refractivity contribution in [3.8, 4) is 0 Å². The second-order valence-corrected chi connectivity index (χ2v) is 6.29. The number of rotatable bonds is 3. The zero-order valence-corrected chi connectivity index (χ0v) is 12.8. The molecule has 0 aromatic rings. The molecule has 0 bridgehead atoms. The number of ether oxygens (including phenoxy) is 1. The van der Waals surface area contributed by atoms with E-state index in [1.54, 1.807) is 21.0 Å². The molecule has 2 aliphatic heterocycles. The van der Waals surface area contributed by atoms with E-state index in [-0.39, 0.29) is 12.5 Å². The van der Waals surface area contributed by atoms with E-state index in [2.05, 4.69) is 10.6 Å². The molecule has 0 saturated carbocycles. The third-order valence-corrected chi connectivity index (χ3v) is 4.47. The Labute approximate surface area is 124 Å². The van der Waals surface area contributed by atoms with E-state index in [1.807, 2.05) is 0 Å². The van der Waals surface area contributed by atoms with E-state index >= 15 is 0 Å². The van der Waals surface area contributed by atoms with Crippen molar-refractivity contribution in [3.05, 3.63) is 0 Å². The summed E-state index contributed by atoms with van der Waals surface area (Å²) in [4.78, 5) is 38.1. The standard InChI is InChI=1S/C14H23N3O4/c1-13(2)11(19)16-10(18)8-17(13)12(20)14(9-21-3)4-6-15-7-5-14/h15H,4-9H2,1-3H3,(H,16,18,19). The summed E-state index contributed by atoms with van der Waals surface area (Å²) < 4.78 is 5.26. The zero-order valence-electron chi connectivity index (χ0n) is 12.8. The van der Waals surface area contributed by atoms with Crippen LogP contribution in [0.2, 0.25) is 0 Å². The van der Waals surface area contributed by atoms with Gasteiger partial charge in [-0.05, 0) is 39.8 Å². The Balaban J connectivity index is 2.30. The van der Waals surface area contributed by atoms with Crippen LogP contribution in [0.5, 0.6) is 0 Å². The summed E-state index contributed by atoms with van der Waals surface area (Å²) in [5.74, 6) is -1.04. The molecular weight excluding hydrogens is 274 g/mol. The van der Waals surface area contributed by atoms with E-state index in [9.17, 15) is 14.4 Å². The monoisotopic (exact) mass is 297 g/mol. The predicted octanol–water partition coefficient (Wildman–Crippen LogP) is -0.734. The molecule has 0 aromatic carbocycles. The maximum atomic E-state index is 13.1. The maximum absolute atomic E-state index is 13.1. The van der Waals surface area contributed by atoms with Crippen molar-refractivity contribution in [2.24, 2.45) is 5.41 Å². The van der Waals surface area contributed by atoms with Gasteiger partial charge >= 0.3 is 0 Å². The van der Waals surface area contributed by atoms with Gasteiger partial charge in [-0.2, -0.15) is 0 Å². The lowest BCUT2D eigenvalue weighted by atomic mass is 9.77. The Hall–Kier alpha value is -1.47. The number of piperazine rings is 1. The molecule has 3 amide bonds. The van der Waals surface area contributed by atoms with Crippen LogP contribution in [0.3, 0.4) is 0 Å². The fraction of sp³-hybridized carbons (Fsp3) is 0.786. The highest BCUT2D eigenvalue weighted by atomic mass is 16.5. The molecule has 2 N–H and O–H groups in total. The molecule has 0 atom stereocenters. The SMILES string of the molecule is COCC1(C(=O)N2CC(=O)NC(=O)C2(C)C)CCNCC1. The second-order valence-electron chi connectivity index (χ2n) is 6.29. The minimum absolute atomic E-state index is 0.0868. The maximum Gasteiger partial charge on any atom is 0.252 e. The van der Waals surface area contributed by atoms with Crippen LogP contribution in [0.4, 0.5) is 0 Å². The van der Waals surface area contributed by atoms with Gasteiger partial charge in [0.05, 0.1) is 12.0 Å². The molecule has 118 valence electrons. The fourth-order valence-electron chi connectivity index (χ4n) is 3.00. The van der Waals surface area contributed by atoms with E-state index in [1.165, 1.54) is 4.90 Å². The molecule has 2 saturated heterocycles. The van der Waals surface area contributed by atoms with Crippen LogP contribution < -0.4 is 10.6 Å². The van der Waals surface area contributed by atoms with Crippen molar-refractivity contribution < 1.29 is 19.1 Å². The van der Waals surface area contributed by atoms with Crippen LogP contribution in [0.15, 0.2) is 0 Å². The van der Waals surface area contributed by atoms with E-state index in [4.69, 9.17) is 4.74 Å². The summed E-state index contributed by atoms with van der Waals surface area (Å²) >= 11 is 0. The summed E-state index contributed by atoms with van der Waals surface area (Å²) in [6.45, 7) is 4.99. The van der Waals surface area contributed by atoms with Gasteiger partial charge in [-0.1, -0.05) is 0 Å². The average Bonchev–Trinajstić information content (AvgIpc) is 2.44. The van der Waals surface area contributed by atoms with Crippen molar-refractivity contribution in [2.75, 3.05) is 33.4 Å². The van der Waals surface area contributed by atoms with Crippen LogP contribution in [0.1, 0.15) is 26.7 Å². The quantitative estimate of drug-likeness (QED) is 0.670. The molecule has 2 rings (SSSR count). The molecule has 2 aliphatic rings. The van der Waals surface area contributed by atoms with Crippen molar-refractivity contribution in [3.63, 3.8) is 0 Å². The normalized spacial score (nSPS) is 24.6. The summed E-state index contributed by atoms with van der Waals surface area (Å²) in [7, 11) is 1.57. The van der Waals surface area contributed by atoms with Gasteiger partial charge in [0.2, 0.25) is 11.8 Å². The smallest absolute Gasteiger partial charge is 0.252 e. The van der Waals surface area contributed by atoms with E-state index < -0.39 is 22.8 Å². The number of piperidine rings is 1. The highest BCUT2D eigenvalue weighted by molar-refractivity contribution is 6.06. The Morgan fingerprint density at radius 2 is 1.90 bits per heavy atom. The topological polar surface area (TPSA) is 87.7 Å². The molecule has 2 fully saturated rings. The first-order valence-corrected chi connectivity index (χ1v) is 7.19. The van der Waals surface area contributed by atoms with E-state index in [0.29, 0.717) is 19.4 Å². The van der Waals surface area contributed by atoms with Gasteiger partial charge in [0.25, 0.3) is 5.91 Å². The lowest BCUT2D eigenvalue weighted by Crippen LogP contribution is -2.68. The number of methoxy groups -OCH3 is 1. The highest BCUT2D eigenvalue weighted by Crippen LogP contribution is 2.34. The molecule has 0 unspecified atom stereocenters. The molecular formula is C14H23N3O4. The second kappa shape index (κ2) is 5.73. The molecule has 0 aliphatic carbocycles. The van der Waals surface area contributed by atoms with Crippen molar-refractivity contribution in [2.45, 2.75) is 32.2 Å². The third kappa shape index (κ3) is 2.80. The first-order chi connectivity index (χ1) is 9.83. The highest BCUT2D eigenvalue weighted by Gasteiger charge is 2.50. The number of hydrogen-bond acceptors (Lipinski definition) is 5. The van der Waals surface area contributed by atoms with Crippen LogP contribution in [-0.4, -0.2) is 61.5 Å². The largest absolute Gasteiger partial charge is 0.384 e. The number of imide groups is 1. The zero-order chi connectivity index (χ0) is 15.7. The summed E-state index contributed by atoms with van der Waals surface area (Å²) in [5, 5.41) is 5.51. The summed E-state index contributed by atoms with van der Waals surface area (Å²) in [5.41, 5.74) is -1.69. The van der Waals surface area contributed by atoms with Gasteiger partial charge in [0, 0.05) is 7.11 Å². The number of nitrogens with one attached hydrogen (secondary N) is 2. The molecule has 7 nitrogen and oxygen atoms in total. The number of carbonyl (C=O) groups excluding carboxylic acids is 3. The first-order valence-electron chi connectivity index (χ1n) is 7.19. The van der Waals surface area contributed by atoms with Crippen molar-refractivity contribution in [1.82, 2.24) is 15.5 Å². The van der Waals surface area contributed by atoms with Crippen molar-refractivity contribution >= 4 is 17.7 Å². The van der Waals surface area contributed by atoms with Gasteiger partial charge in [-0.25, -0.2) is 0 Å². The Morgan fingerprint density at radius 3 is 2.48 bits per heavy atom. The fourth-order valence-corrected chi connectivity index (χ4v) is 3.00. The molecule has 0 aromatic heterocycles. The van der Waals surface area contributed by atoms with Gasteiger partial charge in [-0.15, -0.1) is 0 Å². The van der Waals surface area contributed by atoms with Crippen LogP contribution in [0, 0.1) is 5.41 Å². The third-order valence-electron chi connectivity index (χ3n) is 4.47. The number of carbonyl (C=O) groups is 3. The van der Waals surface area contributed by atoms with Crippen LogP contribution in [0.25, 0.3) is 0 Å². The lowest BCUT2D eigenvalue weighted by Gasteiger charge is -2.46. The molecule has 2 heterocycles. The van der Waals surface area contributed by atoms with Gasteiger partial charge < -0.3 is 15.0 Å². The predicted molar refractivity (Wildman–Crippen MR) is 75.4 cm³/mol. The minimum Gasteiger partial charge on any atom is -0.384 e. The molecule has 0 spiro atoms. The average molecular weight is 297 g/mol. The van der Waals surface area contributed by atoms with Crippen molar-refractivity contribution in [1.29, 1.82) is 0 Å².